The van der Waals surface area contributed by atoms with Crippen molar-refractivity contribution in [1.29, 1.82) is 0 Å². The zero-order valence-corrected chi connectivity index (χ0v) is 14.0. The highest BCUT2D eigenvalue weighted by Crippen LogP contribution is 2.20. The quantitative estimate of drug-likeness (QED) is 0.338. The molecule has 0 bridgehead atoms. The molecule has 24 heavy (non-hydrogen) atoms. The van der Waals surface area contributed by atoms with Crippen molar-refractivity contribution in [2.24, 2.45) is 0 Å². The SMILES string of the molecule is C=C(C)[C@@H](CC/C(C)=C/COc1ccc2ccc(=O)oc2c1)OO. The second kappa shape index (κ2) is 8.47. The van der Waals surface area contributed by atoms with Crippen LogP contribution in [0.2, 0.25) is 0 Å². The van der Waals surface area contributed by atoms with E-state index in [1.807, 2.05) is 32.1 Å². The molecule has 5 heteroatoms. The van der Waals surface area contributed by atoms with Crippen LogP contribution in [-0.4, -0.2) is 18.0 Å². The Hall–Kier alpha value is -2.37. The summed E-state index contributed by atoms with van der Waals surface area (Å²) in [5, 5.41) is 9.65. The molecule has 1 atom stereocenters. The minimum Gasteiger partial charge on any atom is -0.489 e. The predicted molar refractivity (Wildman–Crippen MR) is 93.3 cm³/mol. The van der Waals surface area contributed by atoms with Crippen LogP contribution in [0.5, 0.6) is 5.75 Å². The average molecular weight is 330 g/mol. The van der Waals surface area contributed by atoms with Crippen molar-refractivity contribution in [1.82, 2.24) is 0 Å². The van der Waals surface area contributed by atoms with Crippen molar-refractivity contribution in [3.05, 3.63) is 64.6 Å². The largest absolute Gasteiger partial charge is 0.489 e. The van der Waals surface area contributed by atoms with Gasteiger partial charge in [-0.05, 0) is 56.5 Å². The molecule has 128 valence electrons. The maximum absolute atomic E-state index is 11.2. The van der Waals surface area contributed by atoms with Gasteiger partial charge in [-0.2, -0.15) is 0 Å². The molecule has 0 saturated heterocycles. The molecule has 1 N–H and O–H groups in total. The third kappa shape index (κ3) is 5.08. The van der Waals surface area contributed by atoms with Gasteiger partial charge in [0.05, 0.1) is 0 Å². The van der Waals surface area contributed by atoms with Crippen LogP contribution < -0.4 is 10.4 Å². The highest BCUT2D eigenvalue weighted by Gasteiger charge is 2.09. The molecule has 2 aromatic rings. The van der Waals surface area contributed by atoms with Crippen LogP contribution in [0.3, 0.4) is 0 Å². The monoisotopic (exact) mass is 330 g/mol. The van der Waals surface area contributed by atoms with Crippen molar-refractivity contribution < 1.29 is 19.3 Å². The highest BCUT2D eigenvalue weighted by atomic mass is 17.1. The van der Waals surface area contributed by atoms with E-state index in [9.17, 15) is 4.79 Å². The van der Waals surface area contributed by atoms with Crippen molar-refractivity contribution in [3.8, 4) is 5.75 Å². The topological polar surface area (TPSA) is 68.9 Å². The summed E-state index contributed by atoms with van der Waals surface area (Å²) in [4.78, 5) is 15.6. The second-order valence-electron chi connectivity index (χ2n) is 5.79. The molecule has 0 aliphatic carbocycles. The molecular formula is C19H22O5. The first-order chi connectivity index (χ1) is 11.5. The lowest BCUT2D eigenvalue weighted by Gasteiger charge is -2.13. The first-order valence-electron chi connectivity index (χ1n) is 7.77. The van der Waals surface area contributed by atoms with Crippen molar-refractivity contribution >= 4 is 11.0 Å². The van der Waals surface area contributed by atoms with Gasteiger partial charge in [-0.1, -0.05) is 12.2 Å². The Kier molecular flexibility index (Phi) is 6.35. The molecule has 0 fully saturated rings. The summed E-state index contributed by atoms with van der Waals surface area (Å²) >= 11 is 0. The van der Waals surface area contributed by atoms with Gasteiger partial charge in [0.2, 0.25) is 0 Å². The minimum absolute atomic E-state index is 0.349. The van der Waals surface area contributed by atoms with Crippen LogP contribution in [-0.2, 0) is 4.89 Å². The summed E-state index contributed by atoms with van der Waals surface area (Å²) < 4.78 is 10.8. The summed E-state index contributed by atoms with van der Waals surface area (Å²) in [6.45, 7) is 8.00. The Morgan fingerprint density at radius 3 is 2.79 bits per heavy atom. The molecule has 0 amide bonds. The van der Waals surface area contributed by atoms with Gasteiger partial charge in [0.1, 0.15) is 24.0 Å². The number of hydrogen-bond acceptors (Lipinski definition) is 5. The molecular weight excluding hydrogens is 308 g/mol. The summed E-state index contributed by atoms with van der Waals surface area (Å²) in [6.07, 6.45) is 3.05. The van der Waals surface area contributed by atoms with Crippen LogP contribution in [0.1, 0.15) is 26.7 Å². The lowest BCUT2D eigenvalue weighted by molar-refractivity contribution is -0.269. The van der Waals surface area contributed by atoms with E-state index in [-0.39, 0.29) is 11.7 Å². The molecule has 0 unspecified atom stereocenters. The van der Waals surface area contributed by atoms with Crippen LogP contribution in [0.15, 0.2) is 63.3 Å². The molecule has 5 nitrogen and oxygen atoms in total. The number of rotatable bonds is 8. The third-order valence-electron chi connectivity index (χ3n) is 3.75. The van der Waals surface area contributed by atoms with Crippen LogP contribution >= 0.6 is 0 Å². The highest BCUT2D eigenvalue weighted by molar-refractivity contribution is 5.77. The molecule has 1 aromatic heterocycles. The molecule has 0 radical (unpaired) electrons. The van der Waals surface area contributed by atoms with E-state index in [4.69, 9.17) is 14.4 Å². The Morgan fingerprint density at radius 2 is 2.08 bits per heavy atom. The van der Waals surface area contributed by atoms with E-state index in [1.165, 1.54) is 6.07 Å². The van der Waals surface area contributed by atoms with Crippen molar-refractivity contribution in [2.75, 3.05) is 6.61 Å². The molecule has 0 saturated carbocycles. The fourth-order valence-corrected chi connectivity index (χ4v) is 2.26. The molecule has 0 spiro atoms. The standard InChI is InChI=1S/C19H22O5/c1-13(2)17(24-21)8-4-14(3)10-11-22-16-7-5-15-6-9-19(20)23-18(15)12-16/h5-7,9-10,12,17,21H,1,4,8,11H2,2-3H3/b14-10+/t17-/m1/s1. The maximum atomic E-state index is 11.2. The second-order valence-corrected chi connectivity index (χ2v) is 5.79. The Labute approximate surface area is 140 Å². The van der Waals surface area contributed by atoms with Crippen molar-refractivity contribution in [3.63, 3.8) is 0 Å². The van der Waals surface area contributed by atoms with E-state index < -0.39 is 0 Å². The predicted octanol–water partition coefficient (Wildman–Crippen LogP) is 4.33. The summed E-state index contributed by atoms with van der Waals surface area (Å²) in [5.74, 6) is 0.638. The molecule has 1 aromatic carbocycles. The number of ether oxygens (including phenoxy) is 1. The minimum atomic E-state index is -0.381. The van der Waals surface area contributed by atoms with E-state index in [1.54, 1.807) is 12.1 Å². The number of benzene rings is 1. The lowest BCUT2D eigenvalue weighted by Crippen LogP contribution is -2.11. The van der Waals surface area contributed by atoms with Gasteiger partial charge in [0.15, 0.2) is 0 Å². The fraction of sp³-hybridized carbons (Fsp3) is 0.316. The van der Waals surface area contributed by atoms with E-state index >= 15 is 0 Å². The first kappa shape index (κ1) is 18.0. The van der Waals surface area contributed by atoms with E-state index in [0.29, 0.717) is 24.4 Å². The fourth-order valence-electron chi connectivity index (χ4n) is 2.26. The van der Waals surface area contributed by atoms with Gasteiger partial charge < -0.3 is 9.15 Å². The normalized spacial score (nSPS) is 13.0. The summed E-state index contributed by atoms with van der Waals surface area (Å²) in [7, 11) is 0. The Bertz CT molecular complexity index is 788. The third-order valence-corrected chi connectivity index (χ3v) is 3.75. The van der Waals surface area contributed by atoms with Crippen LogP contribution in [0.25, 0.3) is 11.0 Å². The van der Waals surface area contributed by atoms with Crippen LogP contribution in [0, 0.1) is 0 Å². The lowest BCUT2D eigenvalue weighted by atomic mass is 10.0. The molecule has 2 rings (SSSR count). The number of fused-ring (bicyclic) bond motifs is 1. The zero-order valence-electron chi connectivity index (χ0n) is 14.0. The number of allylic oxidation sites excluding steroid dienone is 1. The maximum Gasteiger partial charge on any atom is 0.336 e. The molecule has 1 heterocycles. The van der Waals surface area contributed by atoms with Gasteiger partial charge in [-0.25, -0.2) is 9.68 Å². The summed E-state index contributed by atoms with van der Waals surface area (Å²) in [6, 6.07) is 8.50. The van der Waals surface area contributed by atoms with Gasteiger partial charge in [0.25, 0.3) is 0 Å². The van der Waals surface area contributed by atoms with E-state index in [2.05, 4.69) is 11.5 Å². The average Bonchev–Trinajstić information content (AvgIpc) is 2.54. The molecule has 0 aliphatic heterocycles. The number of hydrogen-bond donors (Lipinski definition) is 1. The first-order valence-corrected chi connectivity index (χ1v) is 7.77. The van der Waals surface area contributed by atoms with Gasteiger partial charge >= 0.3 is 5.63 Å². The summed E-state index contributed by atoms with van der Waals surface area (Å²) in [5.41, 5.74) is 2.04. The van der Waals surface area contributed by atoms with Crippen molar-refractivity contribution in [2.45, 2.75) is 32.8 Å². The van der Waals surface area contributed by atoms with Gasteiger partial charge in [-0.3, -0.25) is 5.26 Å². The van der Waals surface area contributed by atoms with Gasteiger partial charge in [-0.15, -0.1) is 0 Å². The Morgan fingerprint density at radius 1 is 1.33 bits per heavy atom. The van der Waals surface area contributed by atoms with E-state index in [0.717, 1.165) is 23.0 Å². The Balaban J connectivity index is 1.90. The molecule has 0 aliphatic rings. The zero-order chi connectivity index (χ0) is 17.5. The smallest absolute Gasteiger partial charge is 0.336 e. The van der Waals surface area contributed by atoms with Gasteiger partial charge in [0, 0.05) is 17.5 Å². The van der Waals surface area contributed by atoms with Crippen LogP contribution in [0.4, 0.5) is 0 Å².